The molecule has 0 aliphatic carbocycles. The summed E-state index contributed by atoms with van der Waals surface area (Å²) in [6, 6.07) is 10.1. The second-order valence-electron chi connectivity index (χ2n) is 7.35. The van der Waals surface area contributed by atoms with E-state index in [1.807, 2.05) is 18.2 Å². The summed E-state index contributed by atoms with van der Waals surface area (Å²) in [6.45, 7) is 3.59. The monoisotopic (exact) mass is 478 g/mol. The molecule has 29 heavy (non-hydrogen) atoms. The summed E-state index contributed by atoms with van der Waals surface area (Å²) in [5.74, 6) is 1.11. The highest BCUT2D eigenvalue weighted by Crippen LogP contribution is 2.49. The molecule has 2 heterocycles. The highest BCUT2D eigenvalue weighted by atomic mass is 79.9. The smallest absolute Gasteiger partial charge is 0.407 e. The van der Waals surface area contributed by atoms with Crippen LogP contribution in [0.1, 0.15) is 38.3 Å². The molecule has 1 N–H and O–H groups in total. The largest absolute Gasteiger partial charge is 0.455 e. The fourth-order valence-electron chi connectivity index (χ4n) is 3.81. The Balaban J connectivity index is 1.84. The van der Waals surface area contributed by atoms with Crippen molar-refractivity contribution in [1.82, 2.24) is 5.32 Å². The van der Waals surface area contributed by atoms with Crippen LogP contribution in [0.2, 0.25) is 5.02 Å². The van der Waals surface area contributed by atoms with E-state index in [0.29, 0.717) is 35.1 Å². The van der Waals surface area contributed by atoms with Gasteiger partial charge in [0, 0.05) is 21.5 Å². The topological polar surface area (TPSA) is 67.9 Å². The van der Waals surface area contributed by atoms with Crippen LogP contribution in [0.25, 0.3) is 0 Å². The molecule has 8 heteroatoms. The van der Waals surface area contributed by atoms with Gasteiger partial charge in [0.05, 0.1) is 23.9 Å². The van der Waals surface area contributed by atoms with Crippen LogP contribution >= 0.6 is 27.5 Å². The molecule has 1 fully saturated rings. The van der Waals surface area contributed by atoms with Crippen molar-refractivity contribution in [1.29, 1.82) is 0 Å². The lowest BCUT2D eigenvalue weighted by Crippen LogP contribution is -2.52. The zero-order valence-corrected chi connectivity index (χ0v) is 18.3. The van der Waals surface area contributed by atoms with Gasteiger partial charge in [-0.25, -0.2) is 4.79 Å². The van der Waals surface area contributed by atoms with E-state index < -0.39 is 12.1 Å². The van der Waals surface area contributed by atoms with Crippen molar-refractivity contribution in [2.24, 2.45) is 0 Å². The summed E-state index contributed by atoms with van der Waals surface area (Å²) in [5.41, 5.74) is 1.40. The average molecular weight is 480 g/mol. The number of nitrogens with zero attached hydrogens (tertiary/aromatic N) is 1. The number of halogens is 2. The molecule has 6 nitrogen and oxygen atoms in total. The number of fused-ring (bicyclic) bond motifs is 5. The number of ether oxygens (including phenoxy) is 2. The van der Waals surface area contributed by atoms with Crippen molar-refractivity contribution < 1.29 is 19.1 Å². The minimum absolute atomic E-state index is 0.0480. The van der Waals surface area contributed by atoms with E-state index >= 15 is 0 Å². The van der Waals surface area contributed by atoms with Crippen molar-refractivity contribution in [2.75, 3.05) is 4.90 Å². The number of hydrogen-bond donors (Lipinski definition) is 1. The minimum atomic E-state index is -0.505. The van der Waals surface area contributed by atoms with Gasteiger partial charge in [-0.05, 0) is 50.6 Å². The van der Waals surface area contributed by atoms with Crippen LogP contribution in [-0.4, -0.2) is 24.1 Å². The molecule has 1 saturated heterocycles. The van der Waals surface area contributed by atoms with Crippen LogP contribution < -0.4 is 15.0 Å². The van der Waals surface area contributed by atoms with E-state index in [1.165, 1.54) is 0 Å². The van der Waals surface area contributed by atoms with Crippen LogP contribution in [0.4, 0.5) is 10.5 Å². The minimum Gasteiger partial charge on any atom is -0.455 e. The number of hydrogen-bond acceptors (Lipinski definition) is 4. The van der Waals surface area contributed by atoms with Gasteiger partial charge in [-0.15, -0.1) is 0 Å². The van der Waals surface area contributed by atoms with Crippen LogP contribution in [0.3, 0.4) is 0 Å². The Kier molecular flexibility index (Phi) is 5.44. The number of anilines is 1. The first-order chi connectivity index (χ1) is 13.8. The maximum Gasteiger partial charge on any atom is 0.407 e. The second-order valence-corrected chi connectivity index (χ2v) is 8.70. The molecule has 152 valence electrons. The first-order valence-electron chi connectivity index (χ1n) is 9.39. The van der Waals surface area contributed by atoms with Crippen molar-refractivity contribution in [3.8, 4) is 11.5 Å². The van der Waals surface area contributed by atoms with Crippen LogP contribution in [0, 0.1) is 0 Å². The third-order valence-corrected chi connectivity index (χ3v) is 5.67. The summed E-state index contributed by atoms with van der Waals surface area (Å²) in [4.78, 5) is 27.0. The van der Waals surface area contributed by atoms with E-state index in [-0.39, 0.29) is 18.1 Å². The van der Waals surface area contributed by atoms with Crippen molar-refractivity contribution in [2.45, 2.75) is 44.9 Å². The molecule has 2 aliphatic rings. The molecule has 0 saturated carbocycles. The van der Waals surface area contributed by atoms with Gasteiger partial charge >= 0.3 is 6.09 Å². The summed E-state index contributed by atoms with van der Waals surface area (Å²) >= 11 is 9.71. The number of nitrogens with one attached hydrogen (secondary N) is 1. The molecule has 0 bridgehead atoms. The van der Waals surface area contributed by atoms with Gasteiger partial charge < -0.3 is 14.8 Å². The number of carbonyl (C=O) groups excluding carboxylic acids is 2. The fraction of sp³-hybridized carbons (Fsp3) is 0.333. The van der Waals surface area contributed by atoms with Gasteiger partial charge in [0.25, 0.3) is 0 Å². The molecule has 2 aromatic carbocycles. The maximum absolute atomic E-state index is 13.0. The number of alkyl carbamates (subject to hydrolysis) is 1. The lowest BCUT2D eigenvalue weighted by molar-refractivity contribution is -0.120. The third kappa shape index (κ3) is 3.94. The second kappa shape index (κ2) is 7.88. The van der Waals surface area contributed by atoms with E-state index in [9.17, 15) is 9.59 Å². The van der Waals surface area contributed by atoms with Crippen LogP contribution in [0.15, 0.2) is 40.9 Å². The lowest BCUT2D eigenvalue weighted by atomic mass is 9.89. The molecule has 0 radical (unpaired) electrons. The molecular formula is C21H20BrClN2O4. The quantitative estimate of drug-likeness (QED) is 0.610. The van der Waals surface area contributed by atoms with Crippen molar-refractivity contribution in [3.05, 3.63) is 51.5 Å². The highest BCUT2D eigenvalue weighted by Gasteiger charge is 2.43. The lowest BCUT2D eigenvalue weighted by Gasteiger charge is -2.40. The Morgan fingerprint density at radius 3 is 2.83 bits per heavy atom. The molecule has 2 atom stereocenters. The predicted octanol–water partition coefficient (Wildman–Crippen LogP) is 5.58. The molecule has 2 amide bonds. The molecule has 2 aromatic rings. The Morgan fingerprint density at radius 1 is 1.28 bits per heavy atom. The Labute approximate surface area is 182 Å². The predicted molar refractivity (Wildman–Crippen MR) is 114 cm³/mol. The molecule has 0 spiro atoms. The van der Waals surface area contributed by atoms with Crippen LogP contribution in [-0.2, 0) is 9.53 Å². The highest BCUT2D eigenvalue weighted by molar-refractivity contribution is 9.10. The molecular weight excluding hydrogens is 460 g/mol. The Hall–Kier alpha value is -2.25. The Morgan fingerprint density at radius 2 is 2.07 bits per heavy atom. The number of benzene rings is 2. The van der Waals surface area contributed by atoms with Crippen LogP contribution in [0.5, 0.6) is 11.5 Å². The van der Waals surface area contributed by atoms with E-state index in [1.54, 1.807) is 36.9 Å². The molecule has 2 aliphatic heterocycles. The van der Waals surface area contributed by atoms with E-state index in [2.05, 4.69) is 21.2 Å². The van der Waals surface area contributed by atoms with Gasteiger partial charge in [0.2, 0.25) is 5.91 Å². The van der Waals surface area contributed by atoms with Gasteiger partial charge in [-0.1, -0.05) is 33.6 Å². The Bertz CT molecular complexity index is 981. The van der Waals surface area contributed by atoms with Crippen molar-refractivity contribution in [3.63, 3.8) is 0 Å². The normalized spacial score (nSPS) is 20.2. The number of rotatable bonds is 2. The number of piperidine rings is 1. The zero-order chi connectivity index (χ0) is 20.7. The van der Waals surface area contributed by atoms with Gasteiger partial charge in [-0.3, -0.25) is 9.69 Å². The number of carbonyl (C=O) groups is 2. The van der Waals surface area contributed by atoms with E-state index in [4.69, 9.17) is 21.1 Å². The van der Waals surface area contributed by atoms with Gasteiger partial charge in [0.1, 0.15) is 5.75 Å². The molecule has 0 unspecified atom stereocenters. The average Bonchev–Trinajstić information content (AvgIpc) is 2.78. The number of amides is 2. The first-order valence-corrected chi connectivity index (χ1v) is 10.6. The summed E-state index contributed by atoms with van der Waals surface area (Å²) < 4.78 is 12.3. The summed E-state index contributed by atoms with van der Waals surface area (Å²) in [6.07, 6.45) is 0.0468. The first kappa shape index (κ1) is 20.0. The van der Waals surface area contributed by atoms with Gasteiger partial charge in [0.15, 0.2) is 5.75 Å². The maximum atomic E-state index is 13.0. The SMILES string of the molecule is CC(C)OC(=O)N[C@@H]1CCC(=O)N2c3cc(Cl)ccc3Oc3cc(Br)ccc3[C@@H]12. The molecule has 4 rings (SSSR count). The van der Waals surface area contributed by atoms with E-state index in [0.717, 1.165) is 10.0 Å². The van der Waals surface area contributed by atoms with Crippen molar-refractivity contribution >= 4 is 45.2 Å². The van der Waals surface area contributed by atoms with Gasteiger partial charge in [-0.2, -0.15) is 0 Å². The standard InChI is InChI=1S/C21H20BrClN2O4/c1-11(2)28-21(27)24-15-6-8-19(26)25-16-10-13(23)4-7-17(16)29-18-9-12(22)3-5-14(18)20(15)25/h3-5,7,9-11,15,20H,6,8H2,1-2H3,(H,24,27)/t15-,20+/m1/s1. The molecule has 0 aromatic heterocycles. The summed E-state index contributed by atoms with van der Waals surface area (Å²) in [7, 11) is 0. The fourth-order valence-corrected chi connectivity index (χ4v) is 4.31. The summed E-state index contributed by atoms with van der Waals surface area (Å²) in [5, 5.41) is 3.44. The zero-order valence-electron chi connectivity index (χ0n) is 15.9. The third-order valence-electron chi connectivity index (χ3n) is 4.94.